The number of halogens is 1. The molecule has 104 valence electrons. The molecule has 0 saturated carbocycles. The van der Waals surface area contributed by atoms with Gasteiger partial charge in [0.05, 0.1) is 12.2 Å². The Labute approximate surface area is 116 Å². The summed E-state index contributed by atoms with van der Waals surface area (Å²) in [5, 5.41) is 9.19. The van der Waals surface area contributed by atoms with Crippen molar-refractivity contribution in [2.75, 3.05) is 6.61 Å². The zero-order valence-corrected chi connectivity index (χ0v) is 11.3. The zero-order valence-electron chi connectivity index (χ0n) is 11.3. The van der Waals surface area contributed by atoms with Crippen molar-refractivity contribution >= 4 is 5.97 Å². The fourth-order valence-electron chi connectivity index (χ4n) is 2.12. The molecule has 20 heavy (non-hydrogen) atoms. The molecule has 3 nitrogen and oxygen atoms in total. The summed E-state index contributed by atoms with van der Waals surface area (Å²) in [7, 11) is 0. The average molecular weight is 274 g/mol. The number of benzene rings is 2. The van der Waals surface area contributed by atoms with Gasteiger partial charge in [0.2, 0.25) is 0 Å². The van der Waals surface area contributed by atoms with E-state index in [1.807, 2.05) is 19.9 Å². The molecule has 0 spiro atoms. The van der Waals surface area contributed by atoms with Crippen molar-refractivity contribution in [3.8, 4) is 16.9 Å². The van der Waals surface area contributed by atoms with E-state index in [0.717, 1.165) is 22.9 Å². The van der Waals surface area contributed by atoms with Crippen molar-refractivity contribution in [1.29, 1.82) is 0 Å². The van der Waals surface area contributed by atoms with Crippen molar-refractivity contribution in [3.05, 3.63) is 53.3 Å². The van der Waals surface area contributed by atoms with E-state index >= 15 is 0 Å². The summed E-state index contributed by atoms with van der Waals surface area (Å²) in [6.45, 7) is 4.33. The van der Waals surface area contributed by atoms with Crippen molar-refractivity contribution in [1.82, 2.24) is 0 Å². The lowest BCUT2D eigenvalue weighted by molar-refractivity contribution is 0.0697. The first-order valence-corrected chi connectivity index (χ1v) is 6.29. The van der Waals surface area contributed by atoms with Crippen LogP contribution in [0, 0.1) is 12.7 Å². The molecule has 0 aromatic heterocycles. The lowest BCUT2D eigenvalue weighted by Gasteiger charge is -2.11. The standard InChI is InChI=1S/C16H15FO3/c1-3-20-12-5-7-13(10(2)8-12)14-6-4-11(17)9-15(14)16(18)19/h4-9H,3H2,1-2H3,(H,18,19). The van der Waals surface area contributed by atoms with Gasteiger partial charge in [0.1, 0.15) is 11.6 Å². The Morgan fingerprint density at radius 3 is 2.50 bits per heavy atom. The summed E-state index contributed by atoms with van der Waals surface area (Å²) in [4.78, 5) is 11.2. The molecular formula is C16H15FO3. The fraction of sp³-hybridized carbons (Fsp3) is 0.188. The Morgan fingerprint density at radius 2 is 1.90 bits per heavy atom. The molecule has 0 aliphatic carbocycles. The SMILES string of the molecule is CCOc1ccc(-c2ccc(F)cc2C(=O)O)c(C)c1. The van der Waals surface area contributed by atoms with Crippen LogP contribution in [0.3, 0.4) is 0 Å². The average Bonchev–Trinajstić information content (AvgIpc) is 2.40. The molecule has 0 fully saturated rings. The highest BCUT2D eigenvalue weighted by atomic mass is 19.1. The van der Waals surface area contributed by atoms with Crippen molar-refractivity contribution in [3.63, 3.8) is 0 Å². The molecule has 2 aromatic carbocycles. The van der Waals surface area contributed by atoms with E-state index in [-0.39, 0.29) is 5.56 Å². The molecule has 2 aromatic rings. The smallest absolute Gasteiger partial charge is 0.336 e. The summed E-state index contributed by atoms with van der Waals surface area (Å²) in [6, 6.07) is 9.20. The molecule has 0 radical (unpaired) electrons. The van der Waals surface area contributed by atoms with Crippen LogP contribution in [0.2, 0.25) is 0 Å². The molecule has 0 unspecified atom stereocenters. The van der Waals surface area contributed by atoms with E-state index in [1.165, 1.54) is 12.1 Å². The maximum Gasteiger partial charge on any atom is 0.336 e. The zero-order chi connectivity index (χ0) is 14.7. The Hall–Kier alpha value is -2.36. The van der Waals surface area contributed by atoms with Crippen molar-refractivity contribution in [2.24, 2.45) is 0 Å². The number of carboxylic acid groups (broad SMARTS) is 1. The molecule has 0 aliphatic rings. The van der Waals surface area contributed by atoms with Gasteiger partial charge < -0.3 is 9.84 Å². The van der Waals surface area contributed by atoms with Gasteiger partial charge in [-0.1, -0.05) is 12.1 Å². The molecule has 0 saturated heterocycles. The fourth-order valence-corrected chi connectivity index (χ4v) is 2.12. The van der Waals surface area contributed by atoms with E-state index in [2.05, 4.69) is 0 Å². The van der Waals surface area contributed by atoms with Crippen LogP contribution in [0.5, 0.6) is 5.75 Å². The second-order valence-electron chi connectivity index (χ2n) is 4.40. The third kappa shape index (κ3) is 2.79. The number of rotatable bonds is 4. The van der Waals surface area contributed by atoms with E-state index in [4.69, 9.17) is 4.74 Å². The van der Waals surface area contributed by atoms with Gasteiger partial charge in [-0.25, -0.2) is 9.18 Å². The summed E-state index contributed by atoms with van der Waals surface area (Å²) in [6.07, 6.45) is 0. The van der Waals surface area contributed by atoms with E-state index in [1.54, 1.807) is 12.1 Å². The molecule has 0 bridgehead atoms. The Balaban J connectivity index is 2.54. The number of hydrogen-bond donors (Lipinski definition) is 1. The highest BCUT2D eigenvalue weighted by Crippen LogP contribution is 2.30. The van der Waals surface area contributed by atoms with Gasteiger partial charge in [-0.2, -0.15) is 0 Å². The topological polar surface area (TPSA) is 46.5 Å². The molecule has 1 N–H and O–H groups in total. The number of carbonyl (C=O) groups is 1. The number of carboxylic acids is 1. The minimum absolute atomic E-state index is 0.0442. The summed E-state index contributed by atoms with van der Waals surface area (Å²) in [5.74, 6) is -0.977. The Morgan fingerprint density at radius 1 is 1.20 bits per heavy atom. The third-order valence-corrected chi connectivity index (χ3v) is 3.01. The minimum Gasteiger partial charge on any atom is -0.494 e. The molecule has 0 amide bonds. The largest absolute Gasteiger partial charge is 0.494 e. The predicted molar refractivity (Wildman–Crippen MR) is 74.7 cm³/mol. The van der Waals surface area contributed by atoms with Crippen molar-refractivity contribution in [2.45, 2.75) is 13.8 Å². The predicted octanol–water partition coefficient (Wildman–Crippen LogP) is 3.90. The molecular weight excluding hydrogens is 259 g/mol. The summed E-state index contributed by atoms with van der Waals surface area (Å²) >= 11 is 0. The molecule has 0 heterocycles. The van der Waals surface area contributed by atoms with Crippen LogP contribution in [0.15, 0.2) is 36.4 Å². The van der Waals surface area contributed by atoms with Gasteiger partial charge in [0.15, 0.2) is 0 Å². The lowest BCUT2D eigenvalue weighted by atomic mass is 9.95. The second kappa shape index (κ2) is 5.74. The van der Waals surface area contributed by atoms with Crippen LogP contribution in [0.1, 0.15) is 22.8 Å². The maximum atomic E-state index is 13.2. The van der Waals surface area contributed by atoms with Crippen LogP contribution in [0.25, 0.3) is 11.1 Å². The molecule has 0 atom stereocenters. The Kier molecular flexibility index (Phi) is 4.03. The first-order chi connectivity index (χ1) is 9.52. The lowest BCUT2D eigenvalue weighted by Crippen LogP contribution is -2.01. The van der Waals surface area contributed by atoms with Crippen LogP contribution in [-0.4, -0.2) is 17.7 Å². The number of hydrogen-bond acceptors (Lipinski definition) is 2. The third-order valence-electron chi connectivity index (χ3n) is 3.01. The van der Waals surface area contributed by atoms with Crippen LogP contribution < -0.4 is 4.74 Å². The minimum atomic E-state index is -1.15. The van der Waals surface area contributed by atoms with Gasteiger partial charge in [-0.15, -0.1) is 0 Å². The van der Waals surface area contributed by atoms with E-state index in [0.29, 0.717) is 12.2 Å². The van der Waals surface area contributed by atoms with Gasteiger partial charge in [-0.3, -0.25) is 0 Å². The van der Waals surface area contributed by atoms with Crippen LogP contribution in [0.4, 0.5) is 4.39 Å². The highest BCUT2D eigenvalue weighted by Gasteiger charge is 2.14. The maximum absolute atomic E-state index is 13.2. The normalized spacial score (nSPS) is 10.3. The Bertz CT molecular complexity index is 650. The monoisotopic (exact) mass is 274 g/mol. The van der Waals surface area contributed by atoms with Gasteiger partial charge >= 0.3 is 5.97 Å². The highest BCUT2D eigenvalue weighted by molar-refractivity contribution is 5.96. The van der Waals surface area contributed by atoms with Crippen LogP contribution in [-0.2, 0) is 0 Å². The van der Waals surface area contributed by atoms with Gasteiger partial charge in [0, 0.05) is 0 Å². The van der Waals surface area contributed by atoms with Crippen LogP contribution >= 0.6 is 0 Å². The second-order valence-corrected chi connectivity index (χ2v) is 4.40. The first kappa shape index (κ1) is 14.1. The quantitative estimate of drug-likeness (QED) is 0.919. The number of aryl methyl sites for hydroxylation is 1. The first-order valence-electron chi connectivity index (χ1n) is 6.29. The number of aromatic carboxylic acids is 1. The summed E-state index contributed by atoms with van der Waals surface area (Å²) in [5.41, 5.74) is 2.09. The van der Waals surface area contributed by atoms with E-state index in [9.17, 15) is 14.3 Å². The van der Waals surface area contributed by atoms with E-state index < -0.39 is 11.8 Å². The van der Waals surface area contributed by atoms with Gasteiger partial charge in [-0.05, 0) is 54.8 Å². The molecule has 0 aliphatic heterocycles. The van der Waals surface area contributed by atoms with Crippen molar-refractivity contribution < 1.29 is 19.0 Å². The molecule has 2 rings (SSSR count). The number of ether oxygens (including phenoxy) is 1. The van der Waals surface area contributed by atoms with Gasteiger partial charge in [0.25, 0.3) is 0 Å². The summed E-state index contributed by atoms with van der Waals surface area (Å²) < 4.78 is 18.6. The molecule has 4 heteroatoms.